The Morgan fingerprint density at radius 1 is 1.48 bits per heavy atom. The Hall–Kier alpha value is -1.62. The predicted molar refractivity (Wildman–Crippen MR) is 84.5 cm³/mol. The number of rotatable bonds is 4. The maximum atomic E-state index is 12.2. The zero-order chi connectivity index (χ0) is 15.5. The summed E-state index contributed by atoms with van der Waals surface area (Å²) in [6.45, 7) is 12.1. The molecule has 116 valence electrons. The molecule has 1 aliphatic rings. The van der Waals surface area contributed by atoms with E-state index < -0.39 is 0 Å². The van der Waals surface area contributed by atoms with E-state index in [0.717, 1.165) is 38.0 Å². The quantitative estimate of drug-likeness (QED) is 0.924. The van der Waals surface area contributed by atoms with E-state index >= 15 is 0 Å². The lowest BCUT2D eigenvalue weighted by Gasteiger charge is -2.36. The highest BCUT2D eigenvalue weighted by Gasteiger charge is 2.30. The van der Waals surface area contributed by atoms with E-state index in [4.69, 9.17) is 0 Å². The third kappa shape index (κ3) is 4.17. The lowest BCUT2D eigenvalue weighted by molar-refractivity contribution is -0.140. The van der Waals surface area contributed by atoms with E-state index in [1.807, 2.05) is 38.1 Å². The summed E-state index contributed by atoms with van der Waals surface area (Å²) in [5, 5.41) is 7.71. The van der Waals surface area contributed by atoms with Gasteiger partial charge in [0.05, 0.1) is 6.20 Å². The Balaban J connectivity index is 1.76. The van der Waals surface area contributed by atoms with Gasteiger partial charge in [-0.1, -0.05) is 27.4 Å². The molecular weight excluding hydrogens is 264 g/mol. The summed E-state index contributed by atoms with van der Waals surface area (Å²) in [6.07, 6.45) is 7.53. The van der Waals surface area contributed by atoms with Crippen molar-refractivity contribution in [2.24, 2.45) is 5.41 Å². The van der Waals surface area contributed by atoms with Gasteiger partial charge >= 0.3 is 0 Å². The van der Waals surface area contributed by atoms with Crippen LogP contribution < -0.4 is 5.32 Å². The number of carbonyl (C=O) groups excluding carboxylic acids is 1. The maximum absolute atomic E-state index is 12.2. The third-order valence-corrected chi connectivity index (χ3v) is 3.86. The molecule has 1 aromatic heterocycles. The molecule has 0 atom stereocenters. The molecule has 2 heterocycles. The number of likely N-dealkylation sites (tertiary alicyclic amines) is 1. The first kappa shape index (κ1) is 15.8. The van der Waals surface area contributed by atoms with Crippen molar-refractivity contribution in [2.45, 2.75) is 46.2 Å². The van der Waals surface area contributed by atoms with Crippen LogP contribution in [0.15, 0.2) is 19.0 Å². The van der Waals surface area contributed by atoms with Crippen LogP contribution in [0.5, 0.6) is 0 Å². The van der Waals surface area contributed by atoms with E-state index in [9.17, 15) is 4.79 Å². The fourth-order valence-electron chi connectivity index (χ4n) is 2.59. The number of nitrogens with one attached hydrogen (secondary N) is 1. The first-order chi connectivity index (χ1) is 9.90. The average molecular weight is 290 g/mol. The molecule has 1 aromatic rings. The summed E-state index contributed by atoms with van der Waals surface area (Å²) in [5.41, 5.74) is 0.877. The lowest BCUT2D eigenvalue weighted by Crippen LogP contribution is -2.48. The van der Waals surface area contributed by atoms with Gasteiger partial charge in [0.15, 0.2) is 0 Å². The molecule has 2 rings (SSSR count). The summed E-state index contributed by atoms with van der Waals surface area (Å²) in [6, 6.07) is 0.473. The van der Waals surface area contributed by atoms with Crippen LogP contribution in [0.25, 0.3) is 6.20 Å². The number of hydrogen-bond donors (Lipinski definition) is 1. The van der Waals surface area contributed by atoms with Gasteiger partial charge in [0, 0.05) is 49.1 Å². The number of aromatic nitrogens is 2. The van der Waals surface area contributed by atoms with Crippen molar-refractivity contribution in [2.75, 3.05) is 13.1 Å². The molecule has 0 aromatic carbocycles. The van der Waals surface area contributed by atoms with Crippen molar-refractivity contribution < 1.29 is 4.79 Å². The van der Waals surface area contributed by atoms with Crippen molar-refractivity contribution in [1.82, 2.24) is 20.0 Å². The minimum absolute atomic E-state index is 0.258. The maximum Gasteiger partial charge on any atom is 0.227 e. The summed E-state index contributed by atoms with van der Waals surface area (Å²) in [4.78, 5) is 14.2. The van der Waals surface area contributed by atoms with Crippen LogP contribution in [0.4, 0.5) is 0 Å². The Bertz CT molecular complexity index is 493. The minimum Gasteiger partial charge on any atom is -0.342 e. The smallest absolute Gasteiger partial charge is 0.227 e. The highest BCUT2D eigenvalue weighted by molar-refractivity contribution is 5.81. The number of amides is 1. The first-order valence-electron chi connectivity index (χ1n) is 7.58. The van der Waals surface area contributed by atoms with E-state index in [1.54, 1.807) is 10.9 Å². The first-order valence-corrected chi connectivity index (χ1v) is 7.58. The van der Waals surface area contributed by atoms with E-state index in [2.05, 4.69) is 17.0 Å². The molecule has 21 heavy (non-hydrogen) atoms. The standard InChI is InChI=1S/C16H26N4O/c1-5-20-12-13(11-18-20)10-17-14-6-8-19(9-7-14)15(21)16(2,3)4/h5,11-12,14,17H,1,6-10H2,2-4H3. The third-order valence-electron chi connectivity index (χ3n) is 3.86. The van der Waals surface area contributed by atoms with Crippen molar-refractivity contribution in [3.63, 3.8) is 0 Å². The molecule has 0 bridgehead atoms. The predicted octanol–water partition coefficient (Wildman–Crippen LogP) is 2.11. The van der Waals surface area contributed by atoms with Gasteiger partial charge in [-0.05, 0) is 12.8 Å². The van der Waals surface area contributed by atoms with Crippen LogP contribution in [0, 0.1) is 5.41 Å². The second-order valence-corrected chi connectivity index (χ2v) is 6.71. The zero-order valence-electron chi connectivity index (χ0n) is 13.3. The van der Waals surface area contributed by atoms with Gasteiger partial charge in [-0.3, -0.25) is 4.79 Å². The number of piperidine rings is 1. The molecule has 0 aliphatic carbocycles. The fraction of sp³-hybridized carbons (Fsp3) is 0.625. The van der Waals surface area contributed by atoms with Crippen molar-refractivity contribution in [3.05, 3.63) is 24.5 Å². The monoisotopic (exact) mass is 290 g/mol. The molecule has 1 saturated heterocycles. The van der Waals surface area contributed by atoms with Crippen LogP contribution >= 0.6 is 0 Å². The summed E-state index contributed by atoms with van der Waals surface area (Å²) >= 11 is 0. The Labute approximate surface area is 127 Å². The number of nitrogens with zero attached hydrogens (tertiary/aromatic N) is 3. The normalized spacial score (nSPS) is 17.0. The highest BCUT2D eigenvalue weighted by Crippen LogP contribution is 2.21. The molecule has 0 spiro atoms. The second-order valence-electron chi connectivity index (χ2n) is 6.71. The summed E-state index contributed by atoms with van der Waals surface area (Å²) < 4.78 is 1.71. The summed E-state index contributed by atoms with van der Waals surface area (Å²) in [7, 11) is 0. The zero-order valence-corrected chi connectivity index (χ0v) is 13.3. The second kappa shape index (κ2) is 6.43. The largest absolute Gasteiger partial charge is 0.342 e. The van der Waals surface area contributed by atoms with Gasteiger partial charge in [0.25, 0.3) is 0 Å². The van der Waals surface area contributed by atoms with Gasteiger partial charge in [-0.25, -0.2) is 4.68 Å². The van der Waals surface area contributed by atoms with Crippen LogP contribution in [0.2, 0.25) is 0 Å². The van der Waals surface area contributed by atoms with Gasteiger partial charge in [0.2, 0.25) is 5.91 Å². The molecule has 1 N–H and O–H groups in total. The van der Waals surface area contributed by atoms with Gasteiger partial charge < -0.3 is 10.2 Å². The van der Waals surface area contributed by atoms with Crippen LogP contribution in [-0.2, 0) is 11.3 Å². The van der Waals surface area contributed by atoms with Crippen molar-refractivity contribution >= 4 is 12.1 Å². The molecule has 0 unspecified atom stereocenters. The molecule has 1 aliphatic heterocycles. The van der Waals surface area contributed by atoms with E-state index in [0.29, 0.717) is 6.04 Å². The van der Waals surface area contributed by atoms with Gasteiger partial charge in [-0.15, -0.1) is 0 Å². The van der Waals surface area contributed by atoms with Gasteiger partial charge in [-0.2, -0.15) is 5.10 Å². The highest BCUT2D eigenvalue weighted by atomic mass is 16.2. The topological polar surface area (TPSA) is 50.2 Å². The molecule has 0 radical (unpaired) electrons. The van der Waals surface area contributed by atoms with E-state index in [1.165, 1.54) is 0 Å². The van der Waals surface area contributed by atoms with Crippen molar-refractivity contribution in [1.29, 1.82) is 0 Å². The fourth-order valence-corrected chi connectivity index (χ4v) is 2.59. The minimum atomic E-state index is -0.278. The summed E-state index contributed by atoms with van der Waals surface area (Å²) in [5.74, 6) is 0.258. The lowest BCUT2D eigenvalue weighted by atomic mass is 9.93. The molecular formula is C16H26N4O. The number of hydrogen-bond acceptors (Lipinski definition) is 3. The van der Waals surface area contributed by atoms with Crippen molar-refractivity contribution in [3.8, 4) is 0 Å². The van der Waals surface area contributed by atoms with Crippen LogP contribution in [0.3, 0.4) is 0 Å². The molecule has 1 fully saturated rings. The van der Waals surface area contributed by atoms with E-state index in [-0.39, 0.29) is 11.3 Å². The van der Waals surface area contributed by atoms with Crippen LogP contribution in [0.1, 0.15) is 39.2 Å². The molecule has 5 heteroatoms. The molecule has 5 nitrogen and oxygen atoms in total. The molecule has 1 amide bonds. The Morgan fingerprint density at radius 2 is 2.14 bits per heavy atom. The Kier molecular flexibility index (Phi) is 4.83. The SMILES string of the molecule is C=Cn1cc(CNC2CCN(C(=O)C(C)(C)C)CC2)cn1. The average Bonchev–Trinajstić information content (AvgIpc) is 2.92. The number of carbonyl (C=O) groups is 1. The molecule has 0 saturated carbocycles. The van der Waals surface area contributed by atoms with Crippen LogP contribution in [-0.4, -0.2) is 39.7 Å². The van der Waals surface area contributed by atoms with Gasteiger partial charge in [0.1, 0.15) is 0 Å². The Morgan fingerprint density at radius 3 is 2.67 bits per heavy atom.